The van der Waals surface area contributed by atoms with Crippen LogP contribution in [-0.4, -0.2) is 30.6 Å². The molecule has 2 heteroatoms. The van der Waals surface area contributed by atoms with Crippen LogP contribution >= 0.6 is 0 Å². The second-order valence-corrected chi connectivity index (χ2v) is 4.74. The van der Waals surface area contributed by atoms with Crippen LogP contribution in [0.4, 0.5) is 0 Å². The van der Waals surface area contributed by atoms with Gasteiger partial charge in [-0.15, -0.1) is 0 Å². The molecule has 0 bridgehead atoms. The quantitative estimate of drug-likeness (QED) is 0.813. The molecule has 1 unspecified atom stereocenters. The van der Waals surface area contributed by atoms with Crippen molar-refractivity contribution < 1.29 is 5.11 Å². The molecule has 0 heterocycles. The van der Waals surface area contributed by atoms with E-state index in [-0.39, 0.29) is 0 Å². The first-order valence-electron chi connectivity index (χ1n) is 5.57. The zero-order valence-electron chi connectivity index (χ0n) is 9.53. The number of hydrogen-bond donors (Lipinski definition) is 1. The predicted octanol–water partition coefficient (Wildman–Crippen LogP) is 1.77. The molecular weight excluding hydrogens is 186 g/mol. The maximum atomic E-state index is 10.6. The molecule has 0 saturated heterocycles. The highest BCUT2D eigenvalue weighted by atomic mass is 16.3. The summed E-state index contributed by atoms with van der Waals surface area (Å²) in [5, 5.41) is 10.6. The molecule has 0 aliphatic heterocycles. The molecule has 0 fully saturated rings. The van der Waals surface area contributed by atoms with Gasteiger partial charge in [0.25, 0.3) is 0 Å². The van der Waals surface area contributed by atoms with Crippen molar-refractivity contribution in [2.75, 3.05) is 20.6 Å². The minimum Gasteiger partial charge on any atom is -0.385 e. The van der Waals surface area contributed by atoms with Gasteiger partial charge < -0.3 is 10.0 Å². The van der Waals surface area contributed by atoms with E-state index in [1.165, 1.54) is 5.56 Å². The van der Waals surface area contributed by atoms with Crippen molar-refractivity contribution in [1.82, 2.24) is 4.90 Å². The van der Waals surface area contributed by atoms with Gasteiger partial charge in [0.2, 0.25) is 0 Å². The van der Waals surface area contributed by atoms with Crippen molar-refractivity contribution in [2.45, 2.75) is 24.9 Å². The van der Waals surface area contributed by atoms with Crippen molar-refractivity contribution in [3.63, 3.8) is 0 Å². The van der Waals surface area contributed by atoms with E-state index in [1.54, 1.807) is 0 Å². The Labute approximate surface area is 91.5 Å². The van der Waals surface area contributed by atoms with Crippen LogP contribution in [0.1, 0.15) is 24.0 Å². The zero-order valence-corrected chi connectivity index (χ0v) is 9.53. The van der Waals surface area contributed by atoms with E-state index in [0.717, 1.165) is 31.4 Å². The van der Waals surface area contributed by atoms with Gasteiger partial charge in [-0.05, 0) is 44.5 Å². The summed E-state index contributed by atoms with van der Waals surface area (Å²) < 4.78 is 0. The van der Waals surface area contributed by atoms with E-state index in [0.29, 0.717) is 0 Å². The lowest BCUT2D eigenvalue weighted by Gasteiger charge is -2.25. The number of benzene rings is 1. The summed E-state index contributed by atoms with van der Waals surface area (Å²) in [5.41, 5.74) is 1.88. The molecule has 2 nitrogen and oxygen atoms in total. The van der Waals surface area contributed by atoms with Crippen LogP contribution in [0, 0.1) is 0 Å². The molecule has 1 aliphatic carbocycles. The number of hydrogen-bond acceptors (Lipinski definition) is 2. The normalized spacial score (nSPS) is 24.5. The minimum absolute atomic E-state index is 0.582. The highest BCUT2D eigenvalue weighted by molar-refractivity contribution is 5.36. The second kappa shape index (κ2) is 3.95. The number of aliphatic hydroxyl groups is 1. The van der Waals surface area contributed by atoms with Gasteiger partial charge in [0.1, 0.15) is 0 Å². The third-order valence-corrected chi connectivity index (χ3v) is 3.30. The fourth-order valence-electron chi connectivity index (χ4n) is 2.34. The third-order valence-electron chi connectivity index (χ3n) is 3.30. The Bertz CT molecular complexity index is 348. The SMILES string of the molecule is CN(C)CCC1(O)CCc2ccccc21. The average Bonchev–Trinajstić information content (AvgIpc) is 2.56. The van der Waals surface area contributed by atoms with E-state index >= 15 is 0 Å². The van der Waals surface area contributed by atoms with E-state index in [9.17, 15) is 5.11 Å². The molecule has 1 aliphatic rings. The van der Waals surface area contributed by atoms with Crippen LogP contribution in [0.15, 0.2) is 24.3 Å². The van der Waals surface area contributed by atoms with E-state index in [4.69, 9.17) is 0 Å². The smallest absolute Gasteiger partial charge is 0.0914 e. The van der Waals surface area contributed by atoms with Gasteiger partial charge in [-0.2, -0.15) is 0 Å². The molecule has 15 heavy (non-hydrogen) atoms. The first-order valence-corrected chi connectivity index (χ1v) is 5.57. The van der Waals surface area contributed by atoms with E-state index < -0.39 is 5.60 Å². The molecular formula is C13H19NO. The van der Waals surface area contributed by atoms with Crippen LogP contribution in [-0.2, 0) is 12.0 Å². The molecule has 1 atom stereocenters. The number of aryl methyl sites for hydroxylation is 1. The van der Waals surface area contributed by atoms with Crippen LogP contribution in [0.5, 0.6) is 0 Å². The monoisotopic (exact) mass is 205 g/mol. The molecule has 2 rings (SSSR count). The summed E-state index contributed by atoms with van der Waals surface area (Å²) in [6.45, 7) is 0.935. The Morgan fingerprint density at radius 2 is 2.07 bits per heavy atom. The molecule has 1 aromatic rings. The molecule has 1 aromatic carbocycles. The Morgan fingerprint density at radius 1 is 1.33 bits per heavy atom. The lowest BCUT2D eigenvalue weighted by Crippen LogP contribution is -2.28. The fraction of sp³-hybridized carbons (Fsp3) is 0.538. The largest absolute Gasteiger partial charge is 0.385 e. The van der Waals surface area contributed by atoms with E-state index in [1.807, 2.05) is 20.2 Å². The molecule has 0 radical (unpaired) electrons. The average molecular weight is 205 g/mol. The number of nitrogens with zero attached hydrogens (tertiary/aromatic N) is 1. The van der Waals surface area contributed by atoms with Crippen molar-refractivity contribution in [3.05, 3.63) is 35.4 Å². The lowest BCUT2D eigenvalue weighted by atomic mass is 9.92. The van der Waals surface area contributed by atoms with E-state index in [2.05, 4.69) is 23.1 Å². The Hall–Kier alpha value is -0.860. The summed E-state index contributed by atoms with van der Waals surface area (Å²) in [6, 6.07) is 8.27. The van der Waals surface area contributed by atoms with Crippen molar-refractivity contribution in [2.24, 2.45) is 0 Å². The van der Waals surface area contributed by atoms with Crippen LogP contribution < -0.4 is 0 Å². The highest BCUT2D eigenvalue weighted by Gasteiger charge is 2.35. The van der Waals surface area contributed by atoms with Crippen LogP contribution in [0.2, 0.25) is 0 Å². The molecule has 0 amide bonds. The van der Waals surface area contributed by atoms with Crippen LogP contribution in [0.3, 0.4) is 0 Å². The minimum atomic E-state index is -0.582. The van der Waals surface area contributed by atoms with Gasteiger partial charge in [-0.25, -0.2) is 0 Å². The van der Waals surface area contributed by atoms with Gasteiger partial charge in [0, 0.05) is 6.54 Å². The Balaban J connectivity index is 2.17. The van der Waals surface area contributed by atoms with Crippen molar-refractivity contribution in [3.8, 4) is 0 Å². The van der Waals surface area contributed by atoms with Gasteiger partial charge in [-0.3, -0.25) is 0 Å². The summed E-state index contributed by atoms with van der Waals surface area (Å²) >= 11 is 0. The maximum Gasteiger partial charge on any atom is 0.0914 e. The summed E-state index contributed by atoms with van der Waals surface area (Å²) in [6.07, 6.45) is 2.72. The van der Waals surface area contributed by atoms with Crippen LogP contribution in [0.25, 0.3) is 0 Å². The van der Waals surface area contributed by atoms with Crippen molar-refractivity contribution >= 4 is 0 Å². The van der Waals surface area contributed by atoms with Gasteiger partial charge in [0.05, 0.1) is 5.60 Å². The number of fused-ring (bicyclic) bond motifs is 1. The van der Waals surface area contributed by atoms with Crippen molar-refractivity contribution in [1.29, 1.82) is 0 Å². The third kappa shape index (κ3) is 2.06. The lowest BCUT2D eigenvalue weighted by molar-refractivity contribution is 0.0230. The predicted molar refractivity (Wildman–Crippen MR) is 61.8 cm³/mol. The molecule has 0 saturated carbocycles. The summed E-state index contributed by atoms with van der Waals surface area (Å²) in [4.78, 5) is 2.12. The summed E-state index contributed by atoms with van der Waals surface area (Å²) in [5.74, 6) is 0. The molecule has 0 spiro atoms. The summed E-state index contributed by atoms with van der Waals surface area (Å²) in [7, 11) is 4.09. The maximum absolute atomic E-state index is 10.6. The standard InChI is InChI=1S/C13H19NO/c1-14(2)10-9-13(15)8-7-11-5-3-4-6-12(11)13/h3-6,15H,7-10H2,1-2H3. The van der Waals surface area contributed by atoms with Gasteiger partial charge in [-0.1, -0.05) is 24.3 Å². The molecule has 82 valence electrons. The van der Waals surface area contributed by atoms with Gasteiger partial charge >= 0.3 is 0 Å². The zero-order chi connectivity index (χ0) is 10.9. The number of rotatable bonds is 3. The molecule has 1 N–H and O–H groups in total. The second-order valence-electron chi connectivity index (χ2n) is 4.74. The first kappa shape index (κ1) is 10.7. The Kier molecular flexibility index (Phi) is 2.81. The fourth-order valence-corrected chi connectivity index (χ4v) is 2.34. The van der Waals surface area contributed by atoms with Gasteiger partial charge in [0.15, 0.2) is 0 Å². The topological polar surface area (TPSA) is 23.5 Å². The Morgan fingerprint density at radius 3 is 2.80 bits per heavy atom. The highest BCUT2D eigenvalue weighted by Crippen LogP contribution is 2.39. The molecule has 0 aromatic heterocycles. The first-order chi connectivity index (χ1) is 7.12.